The Morgan fingerprint density at radius 3 is 2.66 bits per heavy atom. The molecule has 9 heteroatoms. The van der Waals surface area contributed by atoms with Crippen molar-refractivity contribution in [1.82, 2.24) is 15.3 Å². The van der Waals surface area contributed by atoms with Gasteiger partial charge in [-0.15, -0.1) is 5.69 Å². The van der Waals surface area contributed by atoms with E-state index in [1.54, 1.807) is 18.3 Å². The largest absolute Gasteiger partial charge is 0.664 e. The van der Waals surface area contributed by atoms with Gasteiger partial charge in [0.25, 0.3) is 0 Å². The maximum absolute atomic E-state index is 14.2. The van der Waals surface area contributed by atoms with Gasteiger partial charge in [-0.3, -0.25) is 9.59 Å². The van der Waals surface area contributed by atoms with E-state index in [0.717, 1.165) is 90.7 Å². The number of carbonyl (C=O) groups excluding carboxylic acids is 2. The summed E-state index contributed by atoms with van der Waals surface area (Å²) >= 11 is 0. The molecule has 0 radical (unpaired) electrons. The van der Waals surface area contributed by atoms with Crippen molar-refractivity contribution in [2.45, 2.75) is 89.2 Å². The summed E-state index contributed by atoms with van der Waals surface area (Å²) in [5, 5.41) is 28.6. The smallest absolute Gasteiger partial charge is 0.162 e. The number of H-pyrrole nitrogens is 1. The van der Waals surface area contributed by atoms with Gasteiger partial charge in [-0.2, -0.15) is 6.20 Å². The van der Waals surface area contributed by atoms with Crippen molar-refractivity contribution < 1.29 is 24.5 Å². The summed E-state index contributed by atoms with van der Waals surface area (Å²) in [5.74, 6) is 0.847. The Bertz CT molecular complexity index is 1770. The monoisotopic (exact) mass is 676 g/mol. The highest BCUT2D eigenvalue weighted by atomic mass is 16.5. The summed E-state index contributed by atoms with van der Waals surface area (Å²) in [6.07, 6.45) is 13.8. The van der Waals surface area contributed by atoms with Crippen LogP contribution >= 0.6 is 0 Å². The Labute approximate surface area is 294 Å². The fraction of sp³-hybridized carbons (Fsp3) is 0.415. The van der Waals surface area contributed by atoms with Gasteiger partial charge in [-0.05, 0) is 100 Å². The standard InChI is InChI=1S/C41H48N4O5/c1-42-25-30-20-28(22-38(41(30)49)50-33-11-3-4-12-33)15-16-32(47)24-37(48)40-29(26-45-39-14-7-18-44-39)23-36-34(17-19-43-36)35(40)13-5-2-8-27-9-6-10-31(46)21-27/h6-7,9-10,14,17-23,33,35,40,42,44,46,49H,2-5,8,11-13,15-16,24-26H2,1H3/q-2. The summed E-state index contributed by atoms with van der Waals surface area (Å²) in [5.41, 5.74) is 5.52. The average Bonchev–Trinajstić information content (AvgIpc) is 3.91. The van der Waals surface area contributed by atoms with Crippen LogP contribution in [0.15, 0.2) is 72.6 Å². The number of aromatic hydroxyl groups is 2. The van der Waals surface area contributed by atoms with E-state index >= 15 is 0 Å². The molecule has 264 valence electrons. The van der Waals surface area contributed by atoms with Gasteiger partial charge in [-0.25, -0.2) is 0 Å². The molecule has 0 amide bonds. The van der Waals surface area contributed by atoms with E-state index in [-0.39, 0.29) is 47.9 Å². The van der Waals surface area contributed by atoms with Gasteiger partial charge in [0.15, 0.2) is 11.5 Å². The van der Waals surface area contributed by atoms with Crippen molar-refractivity contribution in [3.8, 4) is 17.2 Å². The molecule has 50 heavy (non-hydrogen) atoms. The van der Waals surface area contributed by atoms with Crippen LogP contribution in [-0.4, -0.2) is 46.5 Å². The molecule has 0 bridgehead atoms. The number of fused-ring (bicyclic) bond motifs is 1. The fourth-order valence-electron chi connectivity index (χ4n) is 7.54. The molecule has 0 spiro atoms. The number of hydrogen-bond donors (Lipinski definition) is 4. The number of aryl methyl sites for hydroxylation is 2. The van der Waals surface area contributed by atoms with Crippen LogP contribution in [0.5, 0.6) is 17.2 Å². The van der Waals surface area contributed by atoms with Gasteiger partial charge >= 0.3 is 0 Å². The highest BCUT2D eigenvalue weighted by molar-refractivity contribution is 6.02. The number of phenols is 2. The normalized spacial score (nSPS) is 17.3. The molecule has 2 aliphatic rings. The average molecular weight is 677 g/mol. The predicted octanol–water partition coefficient (Wildman–Crippen LogP) is 7.80. The Kier molecular flexibility index (Phi) is 11.8. The number of aromatic nitrogens is 2. The van der Waals surface area contributed by atoms with Gasteiger partial charge in [0.2, 0.25) is 0 Å². The number of carbonyl (C=O) groups is 2. The first-order chi connectivity index (χ1) is 24.4. The number of nitrogens with one attached hydrogen (secondary N) is 2. The number of unbranched alkanes of at least 4 members (excludes halogenated alkanes) is 1. The highest BCUT2D eigenvalue weighted by Gasteiger charge is 2.35. The van der Waals surface area contributed by atoms with E-state index in [0.29, 0.717) is 25.3 Å². The van der Waals surface area contributed by atoms with Crippen LogP contribution in [0.1, 0.15) is 91.7 Å². The second kappa shape index (κ2) is 16.8. The minimum Gasteiger partial charge on any atom is -0.664 e. The van der Waals surface area contributed by atoms with E-state index in [2.05, 4.69) is 15.3 Å². The molecule has 4 aromatic rings. The van der Waals surface area contributed by atoms with Gasteiger partial charge in [0.05, 0.1) is 12.5 Å². The molecule has 6 rings (SSSR count). The first kappa shape index (κ1) is 35.1. The van der Waals surface area contributed by atoms with Crippen LogP contribution in [0, 0.1) is 5.92 Å². The number of phenolic OH excluding ortho intramolecular Hbond substituents is 2. The van der Waals surface area contributed by atoms with Gasteiger partial charge in [0, 0.05) is 24.4 Å². The maximum Gasteiger partial charge on any atom is 0.162 e. The predicted molar refractivity (Wildman–Crippen MR) is 195 cm³/mol. The second-order valence-corrected chi connectivity index (χ2v) is 13.7. The van der Waals surface area contributed by atoms with Crippen LogP contribution in [0.25, 0.3) is 11.4 Å². The molecule has 4 N–H and O–H groups in total. The summed E-state index contributed by atoms with van der Waals surface area (Å²) in [6, 6.07) is 16.9. The lowest BCUT2D eigenvalue weighted by atomic mass is 9.71. The van der Waals surface area contributed by atoms with Crippen molar-refractivity contribution in [2.24, 2.45) is 5.92 Å². The quantitative estimate of drug-likeness (QED) is 0.0623. The topological polar surface area (TPSA) is 140 Å². The third-order valence-corrected chi connectivity index (χ3v) is 10.0. The third-order valence-electron chi connectivity index (χ3n) is 10.0. The lowest BCUT2D eigenvalue weighted by Gasteiger charge is -2.36. The highest BCUT2D eigenvalue weighted by Crippen LogP contribution is 2.43. The zero-order valence-electron chi connectivity index (χ0n) is 28.9. The number of nitrogens with zero attached hydrogens (tertiary/aromatic N) is 2. The Hall–Kier alpha value is -4.76. The van der Waals surface area contributed by atoms with Gasteiger partial charge in [-0.1, -0.05) is 72.0 Å². The van der Waals surface area contributed by atoms with Gasteiger partial charge in [0.1, 0.15) is 17.3 Å². The van der Waals surface area contributed by atoms with Crippen LogP contribution < -0.4 is 15.0 Å². The molecule has 0 saturated heterocycles. The third kappa shape index (κ3) is 8.87. The lowest BCUT2D eigenvalue weighted by Crippen LogP contribution is -2.30. The minimum absolute atomic E-state index is 0.0837. The SMILES string of the molecule is CNCc1cc(CCC(=O)CC(=O)C2C(C[N-]c3ccc[nH]3)=Cc3[n-]ccc3C2CCCCc2cccc(O)c2)cc(OC2CCCC2)c1O. The van der Waals surface area contributed by atoms with Crippen molar-refractivity contribution in [2.75, 3.05) is 13.6 Å². The molecule has 2 heterocycles. The Morgan fingerprint density at radius 2 is 1.88 bits per heavy atom. The molecular weight excluding hydrogens is 628 g/mol. The number of ketones is 2. The number of aromatic amines is 1. The minimum atomic E-state index is -0.475. The van der Waals surface area contributed by atoms with Gasteiger partial charge < -0.3 is 35.6 Å². The molecule has 9 nitrogen and oxygen atoms in total. The van der Waals surface area contributed by atoms with Crippen molar-refractivity contribution >= 4 is 23.5 Å². The maximum atomic E-state index is 14.2. The van der Waals surface area contributed by atoms with Crippen molar-refractivity contribution in [3.05, 3.63) is 106 Å². The number of hydrogen-bond acceptors (Lipinski definition) is 6. The van der Waals surface area contributed by atoms with E-state index in [4.69, 9.17) is 10.1 Å². The van der Waals surface area contributed by atoms with Crippen molar-refractivity contribution in [3.63, 3.8) is 0 Å². The van der Waals surface area contributed by atoms with E-state index in [9.17, 15) is 19.8 Å². The van der Waals surface area contributed by atoms with E-state index in [1.165, 1.54) is 0 Å². The summed E-state index contributed by atoms with van der Waals surface area (Å²) < 4.78 is 6.20. The molecular formula is C41H48N4O5-2. The molecule has 2 aromatic carbocycles. The summed E-state index contributed by atoms with van der Waals surface area (Å²) in [4.78, 5) is 35.5. The molecule has 0 aliphatic heterocycles. The number of rotatable bonds is 18. The first-order valence-electron chi connectivity index (χ1n) is 18.0. The fourth-order valence-corrected chi connectivity index (χ4v) is 7.54. The van der Waals surface area contributed by atoms with Crippen molar-refractivity contribution in [1.29, 1.82) is 0 Å². The molecule has 2 atom stereocenters. The number of Topliss-reactive ketones (excluding diaryl/α,β-unsaturated/α-hetero) is 2. The lowest BCUT2D eigenvalue weighted by molar-refractivity contribution is -0.129. The molecule has 1 saturated carbocycles. The van der Waals surface area contributed by atoms with E-state index in [1.807, 2.05) is 61.8 Å². The summed E-state index contributed by atoms with van der Waals surface area (Å²) in [6.45, 7) is 0.813. The molecule has 2 unspecified atom stereocenters. The Balaban J connectivity index is 1.15. The first-order valence-corrected chi connectivity index (χ1v) is 18.0. The number of ether oxygens (including phenoxy) is 1. The molecule has 2 aliphatic carbocycles. The zero-order chi connectivity index (χ0) is 34.9. The molecule has 1 fully saturated rings. The van der Waals surface area contributed by atoms with E-state index < -0.39 is 5.92 Å². The second-order valence-electron chi connectivity index (χ2n) is 13.7. The summed E-state index contributed by atoms with van der Waals surface area (Å²) in [7, 11) is 1.83. The zero-order valence-corrected chi connectivity index (χ0v) is 28.9. The van der Waals surface area contributed by atoms with Crippen LogP contribution in [-0.2, 0) is 29.0 Å². The Morgan fingerprint density at radius 1 is 1.02 bits per heavy atom. The van der Waals surface area contributed by atoms with Crippen LogP contribution in [0.3, 0.4) is 0 Å². The molecule has 2 aromatic heterocycles. The van der Waals surface area contributed by atoms with Crippen LogP contribution in [0.2, 0.25) is 0 Å². The van der Waals surface area contributed by atoms with Crippen LogP contribution in [0.4, 0.5) is 5.82 Å². The number of benzene rings is 2.